The summed E-state index contributed by atoms with van der Waals surface area (Å²) in [4.78, 5) is 32.1. The van der Waals surface area contributed by atoms with E-state index >= 15 is 0 Å². The molecule has 3 rings (SSSR count). The van der Waals surface area contributed by atoms with Crippen LogP contribution in [0.3, 0.4) is 0 Å². The minimum atomic E-state index is -0.436. The molecule has 1 aromatic carbocycles. The van der Waals surface area contributed by atoms with Crippen LogP contribution in [0, 0.1) is 0 Å². The molecule has 0 aromatic heterocycles. The van der Waals surface area contributed by atoms with Crippen LogP contribution in [0.4, 0.5) is 0 Å². The standard InChI is InChI=1S/C19H23ClN4O2S2/c1-3-9-21-15(25)11-23(18(21)27)17(13-5-7-14(20)8-6-13)24-12-16(26)22(10-4-2)19(24)28/h5-8,17H,3-4,9-12H2,1-2H3. The number of thiocarbonyl (C=S) groups is 2. The molecule has 2 saturated heterocycles. The summed E-state index contributed by atoms with van der Waals surface area (Å²) in [5, 5.41) is 1.55. The molecule has 0 saturated carbocycles. The van der Waals surface area contributed by atoms with Crippen molar-refractivity contribution in [2.75, 3.05) is 26.2 Å². The van der Waals surface area contributed by atoms with E-state index in [0.717, 1.165) is 18.4 Å². The quantitative estimate of drug-likeness (QED) is 0.610. The van der Waals surface area contributed by atoms with Crippen molar-refractivity contribution in [3.8, 4) is 0 Å². The molecular formula is C19H23ClN4O2S2. The third-order valence-corrected chi connectivity index (χ3v) is 5.98. The third-order valence-electron chi connectivity index (χ3n) is 4.82. The van der Waals surface area contributed by atoms with Crippen molar-refractivity contribution in [1.29, 1.82) is 0 Å². The second-order valence-electron chi connectivity index (χ2n) is 6.84. The second kappa shape index (κ2) is 8.71. The van der Waals surface area contributed by atoms with Crippen LogP contribution in [-0.2, 0) is 9.59 Å². The molecule has 2 fully saturated rings. The summed E-state index contributed by atoms with van der Waals surface area (Å²) in [6.07, 6.45) is 1.20. The van der Waals surface area contributed by atoms with Crippen LogP contribution in [0.25, 0.3) is 0 Å². The van der Waals surface area contributed by atoms with Gasteiger partial charge in [-0.1, -0.05) is 37.6 Å². The van der Waals surface area contributed by atoms with Gasteiger partial charge in [-0.15, -0.1) is 0 Å². The molecule has 0 N–H and O–H groups in total. The molecule has 0 aliphatic carbocycles. The summed E-state index contributed by atoms with van der Waals surface area (Å²) in [5.74, 6) is -0.0691. The van der Waals surface area contributed by atoms with Crippen molar-refractivity contribution >= 4 is 58.1 Å². The van der Waals surface area contributed by atoms with Crippen molar-refractivity contribution in [2.45, 2.75) is 32.9 Å². The maximum Gasteiger partial charge on any atom is 0.248 e. The lowest BCUT2D eigenvalue weighted by molar-refractivity contribution is -0.125. The summed E-state index contributed by atoms with van der Waals surface area (Å²) in [7, 11) is 0. The van der Waals surface area contributed by atoms with Crippen LogP contribution < -0.4 is 0 Å². The molecule has 28 heavy (non-hydrogen) atoms. The minimum Gasteiger partial charge on any atom is -0.315 e. The summed E-state index contributed by atoms with van der Waals surface area (Å²) in [6.45, 7) is 5.48. The smallest absolute Gasteiger partial charge is 0.248 e. The van der Waals surface area contributed by atoms with Gasteiger partial charge in [-0.05, 0) is 55.0 Å². The number of amides is 2. The highest BCUT2D eigenvalue weighted by molar-refractivity contribution is 7.80. The van der Waals surface area contributed by atoms with Gasteiger partial charge >= 0.3 is 0 Å². The van der Waals surface area contributed by atoms with Gasteiger partial charge in [-0.2, -0.15) is 0 Å². The molecule has 0 atom stereocenters. The molecule has 0 unspecified atom stereocenters. The molecule has 0 spiro atoms. The Kier molecular flexibility index (Phi) is 6.52. The van der Waals surface area contributed by atoms with Gasteiger partial charge < -0.3 is 9.80 Å². The average Bonchev–Trinajstić information content (AvgIpc) is 3.09. The molecule has 0 radical (unpaired) electrons. The predicted molar refractivity (Wildman–Crippen MR) is 117 cm³/mol. The Morgan fingerprint density at radius 1 is 0.893 bits per heavy atom. The van der Waals surface area contributed by atoms with E-state index in [1.807, 2.05) is 35.8 Å². The molecule has 2 heterocycles. The third kappa shape index (κ3) is 3.86. The van der Waals surface area contributed by atoms with Crippen LogP contribution >= 0.6 is 36.0 Å². The van der Waals surface area contributed by atoms with Crippen molar-refractivity contribution < 1.29 is 9.59 Å². The SMILES string of the molecule is CCCN1C(=O)CN(C(c2ccc(Cl)cc2)N2CC(=O)N(CCC)C2=S)C1=S. The highest BCUT2D eigenvalue weighted by atomic mass is 35.5. The molecule has 150 valence electrons. The first kappa shape index (κ1) is 21.0. The largest absolute Gasteiger partial charge is 0.315 e. The Morgan fingerprint density at radius 2 is 1.32 bits per heavy atom. The van der Waals surface area contributed by atoms with Gasteiger partial charge in [0.1, 0.15) is 19.3 Å². The first-order valence-corrected chi connectivity index (χ1v) is 10.6. The van der Waals surface area contributed by atoms with Crippen molar-refractivity contribution in [3.05, 3.63) is 34.9 Å². The molecule has 2 amide bonds. The summed E-state index contributed by atoms with van der Waals surface area (Å²) >= 11 is 17.3. The lowest BCUT2D eigenvalue weighted by Crippen LogP contribution is -2.45. The highest BCUT2D eigenvalue weighted by Crippen LogP contribution is 2.33. The van der Waals surface area contributed by atoms with Gasteiger partial charge in [0.2, 0.25) is 11.8 Å². The minimum absolute atomic E-state index is 0.0346. The number of hydrogen-bond donors (Lipinski definition) is 0. The van der Waals surface area contributed by atoms with Gasteiger partial charge in [-0.25, -0.2) is 0 Å². The van der Waals surface area contributed by atoms with E-state index in [1.165, 1.54) is 0 Å². The lowest BCUT2D eigenvalue weighted by Gasteiger charge is -2.37. The fraction of sp³-hybridized carbons (Fsp3) is 0.474. The maximum absolute atomic E-state index is 12.5. The average molecular weight is 439 g/mol. The fourth-order valence-corrected chi connectivity index (χ4v) is 4.39. The summed E-state index contributed by atoms with van der Waals surface area (Å²) in [6, 6.07) is 7.36. The number of carbonyl (C=O) groups is 2. The highest BCUT2D eigenvalue weighted by Gasteiger charge is 2.44. The Labute approximate surface area is 181 Å². The van der Waals surface area contributed by atoms with Crippen LogP contribution in [0.15, 0.2) is 24.3 Å². The molecule has 0 bridgehead atoms. The zero-order valence-corrected chi connectivity index (χ0v) is 18.3. The molecule has 2 aliphatic rings. The predicted octanol–water partition coefficient (Wildman–Crippen LogP) is 3.02. The number of benzene rings is 1. The van der Waals surface area contributed by atoms with Gasteiger partial charge in [0.15, 0.2) is 10.2 Å². The van der Waals surface area contributed by atoms with Crippen molar-refractivity contribution in [1.82, 2.24) is 19.6 Å². The van der Waals surface area contributed by atoms with Crippen molar-refractivity contribution in [2.24, 2.45) is 0 Å². The molecular weight excluding hydrogens is 416 g/mol. The van der Waals surface area contributed by atoms with Crippen LogP contribution in [-0.4, -0.2) is 67.8 Å². The number of rotatable bonds is 7. The van der Waals surface area contributed by atoms with Gasteiger partial charge in [-0.3, -0.25) is 19.4 Å². The van der Waals surface area contributed by atoms with Crippen molar-refractivity contribution in [3.63, 3.8) is 0 Å². The fourth-order valence-electron chi connectivity index (χ4n) is 3.55. The Balaban J connectivity index is 1.99. The van der Waals surface area contributed by atoms with Gasteiger partial charge in [0.05, 0.1) is 0 Å². The number of hydrogen-bond acceptors (Lipinski definition) is 4. The normalized spacial score (nSPS) is 17.7. The zero-order valence-electron chi connectivity index (χ0n) is 15.9. The van der Waals surface area contributed by atoms with E-state index in [0.29, 0.717) is 28.3 Å². The van der Waals surface area contributed by atoms with Crippen LogP contribution in [0.1, 0.15) is 38.4 Å². The first-order valence-electron chi connectivity index (χ1n) is 9.36. The van der Waals surface area contributed by atoms with Gasteiger partial charge in [0.25, 0.3) is 0 Å². The number of carbonyl (C=O) groups excluding carboxylic acids is 2. The first-order chi connectivity index (χ1) is 13.4. The van der Waals surface area contributed by atoms with E-state index in [1.54, 1.807) is 21.9 Å². The Morgan fingerprint density at radius 3 is 1.71 bits per heavy atom. The van der Waals surface area contributed by atoms with E-state index in [-0.39, 0.29) is 24.9 Å². The Bertz CT molecular complexity index is 758. The molecule has 9 heteroatoms. The van der Waals surface area contributed by atoms with E-state index < -0.39 is 6.17 Å². The molecule has 2 aliphatic heterocycles. The molecule has 1 aromatic rings. The summed E-state index contributed by atoms with van der Waals surface area (Å²) < 4.78 is 0. The monoisotopic (exact) mass is 438 g/mol. The van der Waals surface area contributed by atoms with Crippen LogP contribution in [0.2, 0.25) is 5.02 Å². The zero-order chi connectivity index (χ0) is 20.4. The number of halogens is 1. The number of nitrogens with zero attached hydrogens (tertiary/aromatic N) is 4. The summed E-state index contributed by atoms with van der Waals surface area (Å²) in [5.41, 5.74) is 0.881. The van der Waals surface area contributed by atoms with Gasteiger partial charge in [0, 0.05) is 18.1 Å². The van der Waals surface area contributed by atoms with Crippen LogP contribution in [0.5, 0.6) is 0 Å². The maximum atomic E-state index is 12.5. The molecule has 6 nitrogen and oxygen atoms in total. The lowest BCUT2D eigenvalue weighted by atomic mass is 10.1. The Hall–Kier alpha value is -1.77. The topological polar surface area (TPSA) is 47.1 Å². The van der Waals surface area contributed by atoms with E-state index in [9.17, 15) is 9.59 Å². The second-order valence-corrected chi connectivity index (χ2v) is 8.00. The van der Waals surface area contributed by atoms with E-state index in [4.69, 9.17) is 36.0 Å². The van der Waals surface area contributed by atoms with E-state index in [2.05, 4.69) is 0 Å².